The van der Waals surface area contributed by atoms with Gasteiger partial charge in [-0.05, 0) is 49.4 Å². The molecule has 0 bridgehead atoms. The fourth-order valence-corrected chi connectivity index (χ4v) is 2.04. The van der Waals surface area contributed by atoms with Gasteiger partial charge in [-0.2, -0.15) is 5.10 Å². The maximum Gasteiger partial charge on any atom is 0.323 e. The number of benzene rings is 2. The quantitative estimate of drug-likeness (QED) is 0.722. The Morgan fingerprint density at radius 3 is 2.38 bits per heavy atom. The molecule has 0 unspecified atom stereocenters. The molecule has 0 saturated carbocycles. The van der Waals surface area contributed by atoms with Crippen molar-refractivity contribution in [1.82, 2.24) is 10.2 Å². The first-order valence-corrected chi connectivity index (χ1v) is 7.61. The Labute approximate surface area is 147 Å². The summed E-state index contributed by atoms with van der Waals surface area (Å²) in [6, 6.07) is 12.2. The lowest BCUT2D eigenvalue weighted by atomic mass is 10.3. The van der Waals surface area contributed by atoms with Gasteiger partial charge >= 0.3 is 6.03 Å². The molecule has 132 valence electrons. The summed E-state index contributed by atoms with van der Waals surface area (Å²) in [5, 5.41) is 12.6. The fraction of sp³-hybridized carbons (Fsp3) is 0.0556. The molecule has 0 fully saturated rings. The maximum absolute atomic E-state index is 13.5. The van der Waals surface area contributed by atoms with Crippen molar-refractivity contribution in [2.24, 2.45) is 0 Å². The minimum absolute atomic E-state index is 0.123. The second-order valence-corrected chi connectivity index (χ2v) is 5.34. The molecule has 2 N–H and O–H groups in total. The zero-order valence-corrected chi connectivity index (χ0v) is 13.7. The van der Waals surface area contributed by atoms with Crippen molar-refractivity contribution in [3.05, 3.63) is 71.9 Å². The molecule has 1 aromatic heterocycles. The van der Waals surface area contributed by atoms with Crippen molar-refractivity contribution in [1.29, 1.82) is 0 Å². The van der Waals surface area contributed by atoms with Gasteiger partial charge in [-0.1, -0.05) is 0 Å². The summed E-state index contributed by atoms with van der Waals surface area (Å²) < 4.78 is 31.9. The molecule has 0 aliphatic heterocycles. The first-order chi connectivity index (χ1) is 12.5. The normalized spacial score (nSPS) is 10.3. The third-order valence-electron chi connectivity index (χ3n) is 3.29. The topological polar surface area (TPSA) is 76.1 Å². The zero-order chi connectivity index (χ0) is 18.5. The highest BCUT2D eigenvalue weighted by Crippen LogP contribution is 2.21. The lowest BCUT2D eigenvalue weighted by Crippen LogP contribution is -2.20. The molecular formula is C18H14F2N4O2. The average Bonchev–Trinajstić information content (AvgIpc) is 2.61. The van der Waals surface area contributed by atoms with Gasteiger partial charge in [0.25, 0.3) is 0 Å². The largest absolute Gasteiger partial charge is 0.438 e. The van der Waals surface area contributed by atoms with Crippen LogP contribution in [0.5, 0.6) is 11.6 Å². The van der Waals surface area contributed by atoms with Crippen LogP contribution in [-0.2, 0) is 0 Å². The molecule has 3 aromatic rings. The van der Waals surface area contributed by atoms with Crippen LogP contribution >= 0.6 is 0 Å². The Morgan fingerprint density at radius 2 is 1.73 bits per heavy atom. The number of aromatic nitrogens is 2. The number of aryl methyl sites for hydroxylation is 1. The zero-order valence-electron chi connectivity index (χ0n) is 13.7. The second-order valence-electron chi connectivity index (χ2n) is 5.34. The van der Waals surface area contributed by atoms with Gasteiger partial charge in [-0.25, -0.2) is 13.6 Å². The number of hydrogen-bond acceptors (Lipinski definition) is 4. The molecule has 1 heterocycles. The molecule has 8 heteroatoms. The number of hydrogen-bond donors (Lipinski definition) is 2. The minimum atomic E-state index is -0.858. The van der Waals surface area contributed by atoms with E-state index in [1.807, 2.05) is 6.92 Å². The number of urea groups is 1. The van der Waals surface area contributed by atoms with Gasteiger partial charge in [0, 0.05) is 17.8 Å². The Hall–Kier alpha value is -3.55. The number of nitrogens with one attached hydrogen (secondary N) is 2. The smallest absolute Gasteiger partial charge is 0.323 e. The minimum Gasteiger partial charge on any atom is -0.438 e. The highest BCUT2D eigenvalue weighted by Gasteiger charge is 2.08. The van der Waals surface area contributed by atoms with Gasteiger partial charge in [-0.15, -0.1) is 5.10 Å². The molecule has 0 aliphatic rings. The number of carbonyl (C=O) groups excluding carboxylic acids is 1. The van der Waals surface area contributed by atoms with Crippen molar-refractivity contribution < 1.29 is 18.3 Å². The van der Waals surface area contributed by atoms with Crippen molar-refractivity contribution in [2.75, 3.05) is 10.6 Å². The third kappa shape index (κ3) is 4.50. The molecule has 0 atom stereocenters. The van der Waals surface area contributed by atoms with Crippen LogP contribution in [0.1, 0.15) is 5.69 Å². The Kier molecular flexibility index (Phi) is 5.02. The van der Waals surface area contributed by atoms with Gasteiger partial charge < -0.3 is 15.4 Å². The maximum atomic E-state index is 13.5. The van der Waals surface area contributed by atoms with Crippen LogP contribution in [0.4, 0.5) is 25.0 Å². The van der Waals surface area contributed by atoms with Crippen molar-refractivity contribution in [3.63, 3.8) is 0 Å². The number of nitrogens with zero attached hydrogens (tertiary/aromatic N) is 2. The van der Waals surface area contributed by atoms with Crippen LogP contribution in [0.2, 0.25) is 0 Å². The predicted molar refractivity (Wildman–Crippen MR) is 92.3 cm³/mol. The van der Waals surface area contributed by atoms with Crippen molar-refractivity contribution in [2.45, 2.75) is 6.92 Å². The van der Waals surface area contributed by atoms with Gasteiger partial charge in [0.1, 0.15) is 17.4 Å². The number of amides is 2. The molecule has 0 aliphatic carbocycles. The summed E-state index contributed by atoms with van der Waals surface area (Å²) in [5.74, 6) is -0.718. The van der Waals surface area contributed by atoms with E-state index in [1.165, 1.54) is 0 Å². The third-order valence-corrected chi connectivity index (χ3v) is 3.29. The summed E-state index contributed by atoms with van der Waals surface area (Å²) in [6.07, 6.45) is 0. The predicted octanol–water partition coefficient (Wildman–Crippen LogP) is 4.50. The summed E-state index contributed by atoms with van der Waals surface area (Å²) in [5.41, 5.74) is 1.12. The van der Waals surface area contributed by atoms with E-state index in [-0.39, 0.29) is 5.69 Å². The second kappa shape index (κ2) is 7.56. The number of rotatable bonds is 4. The van der Waals surface area contributed by atoms with E-state index in [2.05, 4.69) is 20.8 Å². The average molecular weight is 356 g/mol. The highest BCUT2D eigenvalue weighted by atomic mass is 19.1. The van der Waals surface area contributed by atoms with Crippen molar-refractivity contribution in [3.8, 4) is 11.6 Å². The molecule has 0 spiro atoms. The Balaban J connectivity index is 1.59. The van der Waals surface area contributed by atoms with E-state index >= 15 is 0 Å². The first-order valence-electron chi connectivity index (χ1n) is 7.61. The first kappa shape index (κ1) is 17.3. The van der Waals surface area contributed by atoms with Gasteiger partial charge in [0.05, 0.1) is 11.4 Å². The van der Waals surface area contributed by atoms with Crippen LogP contribution in [0.3, 0.4) is 0 Å². The van der Waals surface area contributed by atoms with Crippen LogP contribution in [0.25, 0.3) is 0 Å². The molecule has 26 heavy (non-hydrogen) atoms. The van der Waals surface area contributed by atoms with Crippen molar-refractivity contribution >= 4 is 17.4 Å². The highest BCUT2D eigenvalue weighted by molar-refractivity contribution is 5.99. The summed E-state index contributed by atoms with van der Waals surface area (Å²) in [6.45, 7) is 1.82. The van der Waals surface area contributed by atoms with E-state index in [4.69, 9.17) is 4.74 Å². The van der Waals surface area contributed by atoms with E-state index < -0.39 is 17.7 Å². The van der Waals surface area contributed by atoms with Crippen LogP contribution in [0, 0.1) is 18.6 Å². The SMILES string of the molecule is Cc1ccc(Oc2ccc(NC(=O)Nc3ccc(F)cc3F)cc2)nn1. The van der Waals surface area contributed by atoms with Gasteiger partial charge in [-0.3, -0.25) is 0 Å². The molecule has 6 nitrogen and oxygen atoms in total. The van der Waals surface area contributed by atoms with Crippen LogP contribution in [0.15, 0.2) is 54.6 Å². The molecular weight excluding hydrogens is 342 g/mol. The van der Waals surface area contributed by atoms with E-state index in [0.717, 1.165) is 17.8 Å². The standard InChI is InChI=1S/C18H14F2N4O2/c1-11-2-9-17(24-23-11)26-14-6-4-13(5-7-14)21-18(25)22-16-8-3-12(19)10-15(16)20/h2-10H,1H3,(H2,21,22,25). The van der Waals surface area contributed by atoms with Gasteiger partial charge in [0.15, 0.2) is 0 Å². The monoisotopic (exact) mass is 356 g/mol. The molecule has 0 saturated heterocycles. The van der Waals surface area contributed by atoms with Crippen LogP contribution < -0.4 is 15.4 Å². The summed E-state index contributed by atoms with van der Waals surface area (Å²) >= 11 is 0. The number of carbonyl (C=O) groups is 1. The molecule has 0 radical (unpaired) electrons. The van der Waals surface area contributed by atoms with E-state index in [1.54, 1.807) is 36.4 Å². The lowest BCUT2D eigenvalue weighted by Gasteiger charge is -2.09. The Bertz CT molecular complexity index is 915. The van der Waals surface area contributed by atoms with E-state index in [0.29, 0.717) is 23.4 Å². The molecule has 3 rings (SSSR count). The molecule has 2 aromatic carbocycles. The Morgan fingerprint density at radius 1 is 0.962 bits per heavy atom. The van der Waals surface area contributed by atoms with Gasteiger partial charge in [0.2, 0.25) is 5.88 Å². The van der Waals surface area contributed by atoms with Crippen LogP contribution in [-0.4, -0.2) is 16.2 Å². The number of ether oxygens (including phenoxy) is 1. The fourth-order valence-electron chi connectivity index (χ4n) is 2.04. The summed E-state index contributed by atoms with van der Waals surface area (Å²) in [4.78, 5) is 11.9. The lowest BCUT2D eigenvalue weighted by molar-refractivity contribution is 0.262. The number of anilines is 2. The van der Waals surface area contributed by atoms with E-state index in [9.17, 15) is 13.6 Å². The number of halogens is 2. The summed E-state index contributed by atoms with van der Waals surface area (Å²) in [7, 11) is 0. The molecule has 2 amide bonds.